The fraction of sp³-hybridized carbons (Fsp3) is 0.500. The van der Waals surface area contributed by atoms with Gasteiger partial charge in [-0.3, -0.25) is 4.99 Å². The van der Waals surface area contributed by atoms with Crippen LogP contribution in [0, 0.1) is 11.3 Å². The Kier molecular flexibility index (Phi) is 8.64. The van der Waals surface area contributed by atoms with E-state index >= 15 is 0 Å². The van der Waals surface area contributed by atoms with Crippen LogP contribution in [-0.4, -0.2) is 30.6 Å². The molecule has 0 saturated heterocycles. The van der Waals surface area contributed by atoms with Gasteiger partial charge in [-0.2, -0.15) is 17.0 Å². The number of aliphatic imine (C=N–C) groups is 1. The van der Waals surface area contributed by atoms with Crippen molar-refractivity contribution < 1.29 is 0 Å². The van der Waals surface area contributed by atoms with Crippen molar-refractivity contribution in [3.8, 4) is 6.07 Å². The molecule has 2 rings (SSSR count). The van der Waals surface area contributed by atoms with Crippen LogP contribution in [0.4, 0.5) is 0 Å². The third-order valence-electron chi connectivity index (χ3n) is 3.83. The van der Waals surface area contributed by atoms with E-state index in [9.17, 15) is 0 Å². The number of rotatable bonds is 4. The summed E-state index contributed by atoms with van der Waals surface area (Å²) in [5.74, 6) is 0.853. The first-order valence-corrected chi connectivity index (χ1v) is 8.53. The first kappa shape index (κ1) is 19.1. The monoisotopic (exact) mass is 430 g/mol. The van der Waals surface area contributed by atoms with Crippen LogP contribution in [0.25, 0.3) is 0 Å². The van der Waals surface area contributed by atoms with Crippen molar-refractivity contribution >= 4 is 41.7 Å². The molecule has 1 aromatic rings. The van der Waals surface area contributed by atoms with E-state index in [2.05, 4.69) is 28.0 Å². The number of guanidine groups is 1. The summed E-state index contributed by atoms with van der Waals surface area (Å²) in [5.41, 5.74) is 1.83. The smallest absolute Gasteiger partial charge is 0.191 e. The number of nitrogens with zero attached hydrogens (tertiary/aromatic N) is 2. The van der Waals surface area contributed by atoms with E-state index in [1.165, 1.54) is 19.3 Å². The largest absolute Gasteiger partial charge is 0.354 e. The Morgan fingerprint density at radius 2 is 2.09 bits per heavy atom. The molecule has 0 aromatic heterocycles. The van der Waals surface area contributed by atoms with Gasteiger partial charge in [-0.05, 0) is 43.2 Å². The molecular weight excluding hydrogens is 407 g/mol. The number of benzene rings is 1. The van der Waals surface area contributed by atoms with Crippen molar-refractivity contribution in [3.05, 3.63) is 35.4 Å². The van der Waals surface area contributed by atoms with Crippen molar-refractivity contribution in [1.29, 1.82) is 5.26 Å². The van der Waals surface area contributed by atoms with Gasteiger partial charge < -0.3 is 10.6 Å². The first-order chi connectivity index (χ1) is 10.2. The molecule has 120 valence electrons. The molecule has 1 fully saturated rings. The maximum atomic E-state index is 8.79. The lowest BCUT2D eigenvalue weighted by molar-refractivity contribution is 0.614. The highest BCUT2D eigenvalue weighted by Crippen LogP contribution is 2.27. The van der Waals surface area contributed by atoms with Gasteiger partial charge in [0.05, 0.1) is 11.6 Å². The summed E-state index contributed by atoms with van der Waals surface area (Å²) in [7, 11) is 1.80. The highest BCUT2D eigenvalue weighted by molar-refractivity contribution is 14.0. The number of nitriles is 1. The Labute approximate surface area is 154 Å². The molecule has 2 N–H and O–H groups in total. The van der Waals surface area contributed by atoms with Gasteiger partial charge in [-0.15, -0.1) is 24.0 Å². The maximum Gasteiger partial charge on any atom is 0.191 e. The molecule has 1 aliphatic rings. The molecule has 0 radical (unpaired) electrons. The lowest BCUT2D eigenvalue weighted by atomic mass is 10.1. The average Bonchev–Trinajstić information content (AvgIpc) is 2.99. The molecule has 6 heteroatoms. The molecule has 1 aromatic carbocycles. The molecule has 1 aliphatic carbocycles. The molecule has 22 heavy (non-hydrogen) atoms. The van der Waals surface area contributed by atoms with E-state index in [0.29, 0.717) is 18.2 Å². The molecular formula is C16H23IN4S. The minimum absolute atomic E-state index is 0. The molecule has 0 bridgehead atoms. The van der Waals surface area contributed by atoms with Crippen molar-refractivity contribution in [2.45, 2.75) is 37.1 Å². The van der Waals surface area contributed by atoms with E-state index in [1.54, 1.807) is 7.05 Å². The summed E-state index contributed by atoms with van der Waals surface area (Å²) >= 11 is 1.96. The van der Waals surface area contributed by atoms with E-state index < -0.39 is 0 Å². The van der Waals surface area contributed by atoms with Crippen LogP contribution in [0.15, 0.2) is 29.3 Å². The third-order valence-corrected chi connectivity index (χ3v) is 4.92. The Balaban J connectivity index is 0.00000242. The summed E-state index contributed by atoms with van der Waals surface area (Å²) in [6.07, 6.45) is 5.89. The minimum atomic E-state index is 0. The molecule has 0 spiro atoms. The van der Waals surface area contributed by atoms with Crippen LogP contribution in [0.2, 0.25) is 0 Å². The highest BCUT2D eigenvalue weighted by Gasteiger charge is 2.24. The number of nitrogens with one attached hydrogen (secondary N) is 2. The van der Waals surface area contributed by atoms with E-state index in [0.717, 1.165) is 16.8 Å². The number of hydrogen-bond acceptors (Lipinski definition) is 3. The van der Waals surface area contributed by atoms with Crippen molar-refractivity contribution in [2.24, 2.45) is 4.99 Å². The average molecular weight is 430 g/mol. The maximum absolute atomic E-state index is 8.79. The molecule has 0 aliphatic heterocycles. The molecule has 0 heterocycles. The van der Waals surface area contributed by atoms with Crippen molar-refractivity contribution in [2.75, 3.05) is 13.3 Å². The van der Waals surface area contributed by atoms with Gasteiger partial charge in [0, 0.05) is 24.9 Å². The second kappa shape index (κ2) is 9.95. The van der Waals surface area contributed by atoms with Gasteiger partial charge in [-0.25, -0.2) is 0 Å². The highest BCUT2D eigenvalue weighted by atomic mass is 127. The van der Waals surface area contributed by atoms with Crippen LogP contribution in [0.3, 0.4) is 0 Å². The van der Waals surface area contributed by atoms with Crippen molar-refractivity contribution in [3.63, 3.8) is 0 Å². The summed E-state index contributed by atoms with van der Waals surface area (Å²) in [6, 6.07) is 10.3. The quantitative estimate of drug-likeness (QED) is 0.438. The number of thioether (sulfide) groups is 1. The van der Waals surface area contributed by atoms with Gasteiger partial charge in [-0.1, -0.05) is 12.1 Å². The third kappa shape index (κ3) is 5.69. The molecule has 4 nitrogen and oxygen atoms in total. The number of halogens is 1. The van der Waals surface area contributed by atoms with E-state index in [4.69, 9.17) is 5.26 Å². The van der Waals surface area contributed by atoms with Gasteiger partial charge >= 0.3 is 0 Å². The fourth-order valence-corrected chi connectivity index (χ4v) is 3.35. The second-order valence-corrected chi connectivity index (χ2v) is 6.38. The van der Waals surface area contributed by atoms with Gasteiger partial charge in [0.1, 0.15) is 0 Å². The Bertz CT molecular complexity index is 524. The number of hydrogen-bond donors (Lipinski definition) is 2. The van der Waals surface area contributed by atoms with Gasteiger partial charge in [0.15, 0.2) is 5.96 Å². The summed E-state index contributed by atoms with van der Waals surface area (Å²) in [6.45, 7) is 0.712. The zero-order chi connectivity index (χ0) is 15.1. The fourth-order valence-electron chi connectivity index (χ4n) is 2.56. The summed E-state index contributed by atoms with van der Waals surface area (Å²) in [4.78, 5) is 4.29. The zero-order valence-corrected chi connectivity index (χ0v) is 16.2. The summed E-state index contributed by atoms with van der Waals surface area (Å²) in [5, 5.41) is 16.4. The van der Waals surface area contributed by atoms with Gasteiger partial charge in [0.25, 0.3) is 0 Å². The predicted molar refractivity (Wildman–Crippen MR) is 105 cm³/mol. The van der Waals surface area contributed by atoms with Crippen molar-refractivity contribution in [1.82, 2.24) is 10.6 Å². The second-order valence-electron chi connectivity index (χ2n) is 5.25. The Morgan fingerprint density at radius 1 is 1.36 bits per heavy atom. The Hall–Kier alpha value is -0.940. The zero-order valence-electron chi connectivity index (χ0n) is 13.0. The first-order valence-electron chi connectivity index (χ1n) is 7.24. The molecule has 1 saturated carbocycles. The lowest BCUT2D eigenvalue weighted by Crippen LogP contribution is -2.42. The topological polar surface area (TPSA) is 60.2 Å². The summed E-state index contributed by atoms with van der Waals surface area (Å²) < 4.78 is 0. The minimum Gasteiger partial charge on any atom is -0.354 e. The predicted octanol–water partition coefficient (Wildman–Crippen LogP) is 3.13. The van der Waals surface area contributed by atoms with Crippen LogP contribution in [0.5, 0.6) is 0 Å². The normalized spacial score (nSPS) is 20.9. The lowest BCUT2D eigenvalue weighted by Gasteiger charge is -2.17. The standard InChI is InChI=1S/C16H22N4S.HI/c1-18-16(20-14-7-8-15(9-14)21-2)19-11-13-5-3-12(10-17)4-6-13;/h3-6,14-15H,7-9,11H2,1-2H3,(H2,18,19,20);1H. The molecule has 2 atom stereocenters. The van der Waals surface area contributed by atoms with Crippen LogP contribution in [-0.2, 0) is 6.54 Å². The van der Waals surface area contributed by atoms with Crippen LogP contribution < -0.4 is 10.6 Å². The SMILES string of the molecule is CN=C(NCc1ccc(C#N)cc1)NC1CCC(SC)C1.I. The van der Waals surface area contributed by atoms with E-state index in [-0.39, 0.29) is 24.0 Å². The molecule has 2 unspecified atom stereocenters. The van der Waals surface area contributed by atoms with Crippen LogP contribution >= 0.6 is 35.7 Å². The Morgan fingerprint density at radius 3 is 2.64 bits per heavy atom. The molecule has 0 amide bonds. The van der Waals surface area contributed by atoms with Gasteiger partial charge in [0.2, 0.25) is 0 Å². The van der Waals surface area contributed by atoms with Crippen LogP contribution in [0.1, 0.15) is 30.4 Å². The van der Waals surface area contributed by atoms with E-state index in [1.807, 2.05) is 36.0 Å².